The Hall–Kier alpha value is -0.0400. The summed E-state index contributed by atoms with van der Waals surface area (Å²) >= 11 is 0. The Labute approximate surface area is 151 Å². The van der Waals surface area contributed by atoms with Gasteiger partial charge in [0.1, 0.15) is 0 Å². The molecule has 0 radical (unpaired) electrons. The van der Waals surface area contributed by atoms with Crippen LogP contribution in [0.3, 0.4) is 0 Å². The lowest BCUT2D eigenvalue weighted by molar-refractivity contribution is -0.114. The predicted octanol–water partition coefficient (Wildman–Crippen LogP) is 5.99. The average Bonchev–Trinajstić information content (AvgIpc) is 2.90. The van der Waals surface area contributed by atoms with Crippen LogP contribution < -0.4 is 0 Å². The quantitative estimate of drug-likeness (QED) is 0.601. The van der Waals surface area contributed by atoms with E-state index in [-0.39, 0.29) is 0 Å². The fraction of sp³-hybridized carbons (Fsp3) is 1.00. The lowest BCUT2D eigenvalue weighted by Gasteiger charge is -2.61. The first-order valence-electron chi connectivity index (χ1n) is 11.0. The highest BCUT2D eigenvalue weighted by Gasteiger charge is 2.60. The maximum Gasteiger partial charge on any atom is 0.00944 e. The summed E-state index contributed by atoms with van der Waals surface area (Å²) in [7, 11) is 4.59. The van der Waals surface area contributed by atoms with Crippen molar-refractivity contribution in [3.8, 4) is 0 Å². The molecule has 0 heterocycles. The van der Waals surface area contributed by atoms with Crippen LogP contribution >= 0.6 is 0 Å². The molecule has 1 heteroatoms. The van der Waals surface area contributed by atoms with Crippen LogP contribution in [0.15, 0.2) is 0 Å². The molecule has 0 amide bonds. The normalized spacial score (nSPS) is 52.5. The summed E-state index contributed by atoms with van der Waals surface area (Å²) in [4.78, 5) is 2.49. The third-order valence-electron chi connectivity index (χ3n) is 10.1. The summed E-state index contributed by atoms with van der Waals surface area (Å²) in [5, 5.41) is 0. The Balaban J connectivity index is 1.59. The van der Waals surface area contributed by atoms with Gasteiger partial charge in [-0.15, -0.1) is 0 Å². The second kappa shape index (κ2) is 6.00. The standard InChI is InChI=1S/C23H41N/c1-16(24(4)5)19-11-12-20-18-10-9-17-8-6-7-14-22(17,2)21(18)13-15-23(19,20)3/h16-21H,6-15H2,1-5H3. The van der Waals surface area contributed by atoms with Gasteiger partial charge in [-0.05, 0) is 113 Å². The topological polar surface area (TPSA) is 3.24 Å². The van der Waals surface area contributed by atoms with Crippen molar-refractivity contribution in [1.82, 2.24) is 4.90 Å². The minimum absolute atomic E-state index is 0.628. The highest BCUT2D eigenvalue weighted by molar-refractivity contribution is 5.09. The molecule has 0 aliphatic heterocycles. The molecule has 4 saturated carbocycles. The average molecular weight is 332 g/mol. The van der Waals surface area contributed by atoms with Crippen LogP contribution in [-0.4, -0.2) is 25.0 Å². The van der Waals surface area contributed by atoms with Crippen molar-refractivity contribution in [2.75, 3.05) is 14.1 Å². The van der Waals surface area contributed by atoms with Crippen molar-refractivity contribution in [2.45, 2.75) is 91.0 Å². The van der Waals surface area contributed by atoms with Crippen LogP contribution in [0.5, 0.6) is 0 Å². The van der Waals surface area contributed by atoms with E-state index >= 15 is 0 Å². The lowest BCUT2D eigenvalue weighted by Crippen LogP contribution is -2.54. The van der Waals surface area contributed by atoms with E-state index in [0.29, 0.717) is 10.8 Å². The van der Waals surface area contributed by atoms with Gasteiger partial charge in [0.2, 0.25) is 0 Å². The van der Waals surface area contributed by atoms with Gasteiger partial charge in [-0.1, -0.05) is 26.7 Å². The van der Waals surface area contributed by atoms with Crippen molar-refractivity contribution < 1.29 is 0 Å². The maximum absolute atomic E-state index is 2.71. The smallest absolute Gasteiger partial charge is 0.00944 e. The van der Waals surface area contributed by atoms with Crippen LogP contribution in [0.4, 0.5) is 0 Å². The molecular weight excluding hydrogens is 290 g/mol. The van der Waals surface area contributed by atoms with Crippen LogP contribution in [-0.2, 0) is 0 Å². The molecule has 4 aliphatic rings. The number of rotatable bonds is 2. The minimum Gasteiger partial charge on any atom is -0.306 e. The molecule has 1 nitrogen and oxygen atoms in total. The Morgan fingerprint density at radius 1 is 0.792 bits per heavy atom. The maximum atomic E-state index is 2.71. The summed E-state index contributed by atoms with van der Waals surface area (Å²) in [6.45, 7) is 7.90. The summed E-state index contributed by atoms with van der Waals surface area (Å²) in [6.07, 6.45) is 15.3. The zero-order valence-electron chi connectivity index (χ0n) is 17.0. The van der Waals surface area contributed by atoms with E-state index in [0.717, 1.165) is 35.6 Å². The van der Waals surface area contributed by atoms with Gasteiger partial charge < -0.3 is 4.90 Å². The Bertz CT molecular complexity index is 471. The zero-order valence-corrected chi connectivity index (χ0v) is 17.0. The zero-order chi connectivity index (χ0) is 17.1. The Morgan fingerprint density at radius 2 is 1.54 bits per heavy atom. The Morgan fingerprint density at radius 3 is 2.29 bits per heavy atom. The summed E-state index contributed by atoms with van der Waals surface area (Å²) in [6, 6.07) is 0.748. The molecule has 0 bridgehead atoms. The fourth-order valence-corrected chi connectivity index (χ4v) is 8.49. The largest absolute Gasteiger partial charge is 0.306 e. The van der Waals surface area contributed by atoms with E-state index in [1.54, 1.807) is 32.1 Å². The van der Waals surface area contributed by atoms with Gasteiger partial charge in [0, 0.05) is 6.04 Å². The molecule has 8 unspecified atom stereocenters. The molecule has 0 saturated heterocycles. The van der Waals surface area contributed by atoms with Crippen molar-refractivity contribution in [2.24, 2.45) is 40.4 Å². The summed E-state index contributed by atoms with van der Waals surface area (Å²) < 4.78 is 0. The molecule has 0 N–H and O–H groups in total. The van der Waals surface area contributed by atoms with Crippen molar-refractivity contribution in [3.05, 3.63) is 0 Å². The third-order valence-corrected chi connectivity index (χ3v) is 10.1. The molecule has 0 aromatic carbocycles. The van der Waals surface area contributed by atoms with E-state index in [9.17, 15) is 0 Å². The minimum atomic E-state index is 0.628. The summed E-state index contributed by atoms with van der Waals surface area (Å²) in [5.41, 5.74) is 1.33. The monoisotopic (exact) mass is 331 g/mol. The van der Waals surface area contributed by atoms with E-state index in [4.69, 9.17) is 0 Å². The first-order chi connectivity index (χ1) is 11.4. The first kappa shape index (κ1) is 17.4. The number of hydrogen-bond donors (Lipinski definition) is 0. The molecule has 24 heavy (non-hydrogen) atoms. The molecule has 0 spiro atoms. The van der Waals surface area contributed by atoms with E-state index in [1.165, 1.54) is 32.1 Å². The Kier molecular flexibility index (Phi) is 4.34. The van der Waals surface area contributed by atoms with E-state index in [2.05, 4.69) is 39.8 Å². The molecule has 8 atom stereocenters. The van der Waals surface area contributed by atoms with Crippen LogP contribution in [0.25, 0.3) is 0 Å². The lowest BCUT2D eigenvalue weighted by atomic mass is 9.44. The van der Waals surface area contributed by atoms with Gasteiger partial charge in [0.15, 0.2) is 0 Å². The van der Waals surface area contributed by atoms with Crippen molar-refractivity contribution in [1.29, 1.82) is 0 Å². The van der Waals surface area contributed by atoms with Crippen LogP contribution in [0.1, 0.15) is 85.0 Å². The van der Waals surface area contributed by atoms with E-state index in [1.807, 2.05) is 0 Å². The predicted molar refractivity (Wildman–Crippen MR) is 103 cm³/mol. The van der Waals surface area contributed by atoms with Gasteiger partial charge in [-0.3, -0.25) is 0 Å². The second-order valence-electron chi connectivity index (χ2n) is 10.8. The first-order valence-corrected chi connectivity index (χ1v) is 11.0. The highest BCUT2D eigenvalue weighted by Crippen LogP contribution is 2.67. The van der Waals surface area contributed by atoms with Gasteiger partial charge in [0.05, 0.1) is 0 Å². The second-order valence-corrected chi connectivity index (χ2v) is 10.8. The van der Waals surface area contributed by atoms with Gasteiger partial charge in [-0.25, -0.2) is 0 Å². The molecule has 4 aliphatic carbocycles. The van der Waals surface area contributed by atoms with Gasteiger partial charge >= 0.3 is 0 Å². The van der Waals surface area contributed by atoms with Crippen LogP contribution in [0, 0.1) is 40.4 Å². The SMILES string of the molecule is CC(C1CCC2C3CCC4CCCCC4(C)C3CCC21C)N(C)C. The molecule has 0 aromatic heterocycles. The fourth-order valence-electron chi connectivity index (χ4n) is 8.49. The molecule has 4 fully saturated rings. The molecule has 4 rings (SSSR count). The molecule has 0 aromatic rings. The van der Waals surface area contributed by atoms with E-state index < -0.39 is 0 Å². The number of fused-ring (bicyclic) bond motifs is 5. The van der Waals surface area contributed by atoms with Crippen molar-refractivity contribution in [3.63, 3.8) is 0 Å². The number of hydrogen-bond acceptors (Lipinski definition) is 1. The molecular formula is C23H41N. The third kappa shape index (κ3) is 2.36. The summed E-state index contributed by atoms with van der Waals surface area (Å²) in [5.74, 6) is 5.14. The van der Waals surface area contributed by atoms with Crippen molar-refractivity contribution >= 4 is 0 Å². The van der Waals surface area contributed by atoms with Gasteiger partial charge in [0.25, 0.3) is 0 Å². The van der Waals surface area contributed by atoms with Gasteiger partial charge in [-0.2, -0.15) is 0 Å². The van der Waals surface area contributed by atoms with Crippen LogP contribution in [0.2, 0.25) is 0 Å². The highest BCUT2D eigenvalue weighted by atomic mass is 15.1. The molecule has 138 valence electrons. The number of nitrogens with zero attached hydrogens (tertiary/aromatic N) is 1.